The molecule has 2 heterocycles. The lowest BCUT2D eigenvalue weighted by atomic mass is 9.89. The third-order valence-electron chi connectivity index (χ3n) is 7.45. The minimum Gasteiger partial charge on any atom is -0.393 e. The van der Waals surface area contributed by atoms with E-state index in [9.17, 15) is 9.90 Å². The zero-order chi connectivity index (χ0) is 20.2. The van der Waals surface area contributed by atoms with Crippen molar-refractivity contribution in [1.82, 2.24) is 9.80 Å². The number of amides is 1. The maximum Gasteiger partial charge on any atom is 0.222 e. The van der Waals surface area contributed by atoms with Gasteiger partial charge in [0.05, 0.1) is 6.10 Å². The smallest absolute Gasteiger partial charge is 0.222 e. The van der Waals surface area contributed by atoms with Gasteiger partial charge in [0.1, 0.15) is 0 Å². The molecule has 0 radical (unpaired) electrons. The Hall–Kier alpha value is -1.39. The minimum absolute atomic E-state index is 0.255. The van der Waals surface area contributed by atoms with Crippen LogP contribution in [-0.4, -0.2) is 59.1 Å². The van der Waals surface area contributed by atoms with Crippen LogP contribution in [0.15, 0.2) is 18.2 Å². The molecule has 0 spiro atoms. The van der Waals surface area contributed by atoms with E-state index in [1.165, 1.54) is 49.0 Å². The van der Waals surface area contributed by atoms with Gasteiger partial charge in [-0.2, -0.15) is 0 Å². The second kappa shape index (κ2) is 9.61. The molecular formula is C25H38N2O2. The summed E-state index contributed by atoms with van der Waals surface area (Å²) < 4.78 is 0. The van der Waals surface area contributed by atoms with E-state index in [1.807, 2.05) is 11.8 Å². The predicted octanol–water partition coefficient (Wildman–Crippen LogP) is 3.58. The molecule has 2 aliphatic heterocycles. The van der Waals surface area contributed by atoms with E-state index < -0.39 is 0 Å². The van der Waals surface area contributed by atoms with Crippen LogP contribution >= 0.6 is 0 Å². The number of hydrogen-bond acceptors (Lipinski definition) is 3. The van der Waals surface area contributed by atoms with Crippen molar-refractivity contribution in [3.63, 3.8) is 0 Å². The minimum atomic E-state index is -0.313. The number of carbonyl (C=O) groups is 1. The standard InChI is InChI=1S/C25H38N2O2/c1-2-25(29)27-12-4-5-20(18-27)17-24(28)16-19-8-9-21-10-13-26(23-6-3-7-23)14-11-22(21)15-19/h8-9,15,20,23-24,28H,2-7,10-14,16-18H2,1H3/t20-,24?/m1/s1. The fraction of sp³-hybridized carbons (Fsp3) is 0.720. The van der Waals surface area contributed by atoms with E-state index in [4.69, 9.17) is 0 Å². The molecule has 4 rings (SSSR count). The van der Waals surface area contributed by atoms with Crippen molar-refractivity contribution in [2.45, 2.75) is 83.3 Å². The molecule has 160 valence electrons. The van der Waals surface area contributed by atoms with E-state index in [0.29, 0.717) is 12.3 Å². The second-order valence-electron chi connectivity index (χ2n) is 9.52. The van der Waals surface area contributed by atoms with Gasteiger partial charge in [-0.05, 0) is 74.0 Å². The number of likely N-dealkylation sites (tertiary alicyclic amines) is 1. The van der Waals surface area contributed by atoms with Crippen molar-refractivity contribution in [2.75, 3.05) is 26.2 Å². The highest BCUT2D eigenvalue weighted by Crippen LogP contribution is 2.28. The van der Waals surface area contributed by atoms with Crippen LogP contribution in [0.1, 0.15) is 68.6 Å². The Kier molecular flexibility index (Phi) is 6.92. The molecular weight excluding hydrogens is 360 g/mol. The summed E-state index contributed by atoms with van der Waals surface area (Å²) >= 11 is 0. The van der Waals surface area contributed by atoms with Crippen LogP contribution in [0.5, 0.6) is 0 Å². The Morgan fingerprint density at radius 1 is 1.10 bits per heavy atom. The summed E-state index contributed by atoms with van der Waals surface area (Å²) in [7, 11) is 0. The van der Waals surface area contributed by atoms with Crippen LogP contribution < -0.4 is 0 Å². The summed E-state index contributed by atoms with van der Waals surface area (Å²) in [5.74, 6) is 0.692. The fourth-order valence-electron chi connectivity index (χ4n) is 5.49. The van der Waals surface area contributed by atoms with Crippen molar-refractivity contribution in [3.8, 4) is 0 Å². The van der Waals surface area contributed by atoms with Crippen molar-refractivity contribution < 1.29 is 9.90 Å². The Bertz CT molecular complexity index is 700. The van der Waals surface area contributed by atoms with Gasteiger partial charge in [0.25, 0.3) is 0 Å². The van der Waals surface area contributed by atoms with Crippen LogP contribution in [0.3, 0.4) is 0 Å². The third-order valence-corrected chi connectivity index (χ3v) is 7.45. The summed E-state index contributed by atoms with van der Waals surface area (Å²) in [6.45, 7) is 6.04. The van der Waals surface area contributed by atoms with Crippen LogP contribution in [0.2, 0.25) is 0 Å². The van der Waals surface area contributed by atoms with E-state index in [0.717, 1.165) is 57.7 Å². The highest BCUT2D eigenvalue weighted by atomic mass is 16.3. The molecule has 29 heavy (non-hydrogen) atoms. The Balaban J connectivity index is 1.30. The average molecular weight is 399 g/mol. The molecule has 1 amide bonds. The van der Waals surface area contributed by atoms with Crippen LogP contribution in [0, 0.1) is 5.92 Å². The van der Waals surface area contributed by atoms with Gasteiger partial charge in [0.15, 0.2) is 0 Å². The molecule has 0 bridgehead atoms. The van der Waals surface area contributed by atoms with Crippen LogP contribution in [0.25, 0.3) is 0 Å². The second-order valence-corrected chi connectivity index (χ2v) is 9.52. The zero-order valence-electron chi connectivity index (χ0n) is 18.1. The summed E-state index contributed by atoms with van der Waals surface area (Å²) in [6, 6.07) is 7.73. The lowest BCUT2D eigenvalue weighted by Crippen LogP contribution is -2.41. The first-order valence-corrected chi connectivity index (χ1v) is 11.9. The van der Waals surface area contributed by atoms with Gasteiger partial charge in [-0.3, -0.25) is 9.69 Å². The van der Waals surface area contributed by atoms with Gasteiger partial charge in [-0.25, -0.2) is 0 Å². The first-order valence-electron chi connectivity index (χ1n) is 11.9. The molecule has 4 nitrogen and oxygen atoms in total. The zero-order valence-corrected chi connectivity index (χ0v) is 18.1. The van der Waals surface area contributed by atoms with E-state index in [1.54, 1.807) is 0 Å². The van der Waals surface area contributed by atoms with Crippen molar-refractivity contribution in [3.05, 3.63) is 34.9 Å². The number of carbonyl (C=O) groups excluding carboxylic acids is 1. The highest BCUT2D eigenvalue weighted by Gasteiger charge is 2.27. The SMILES string of the molecule is CCC(=O)N1CCC[C@H](CC(O)Cc2ccc3c(c2)CCN(C2CCC2)CC3)C1. The molecule has 1 saturated carbocycles. The summed E-state index contributed by atoms with van der Waals surface area (Å²) in [5, 5.41) is 10.7. The van der Waals surface area contributed by atoms with Crippen molar-refractivity contribution >= 4 is 5.91 Å². The summed E-state index contributed by atoms with van der Waals surface area (Å²) in [5.41, 5.74) is 4.27. The van der Waals surface area contributed by atoms with Gasteiger partial charge in [0, 0.05) is 38.6 Å². The topological polar surface area (TPSA) is 43.8 Å². The molecule has 1 aliphatic carbocycles. The van der Waals surface area contributed by atoms with Crippen molar-refractivity contribution in [1.29, 1.82) is 0 Å². The summed E-state index contributed by atoms with van der Waals surface area (Å²) in [4.78, 5) is 16.7. The number of benzene rings is 1. The van der Waals surface area contributed by atoms with Crippen LogP contribution in [-0.2, 0) is 24.1 Å². The molecule has 1 aromatic carbocycles. The van der Waals surface area contributed by atoms with Crippen molar-refractivity contribution in [2.24, 2.45) is 5.92 Å². The van der Waals surface area contributed by atoms with Gasteiger partial charge in [0.2, 0.25) is 5.91 Å². The number of piperidine rings is 1. The first-order chi connectivity index (χ1) is 14.1. The summed E-state index contributed by atoms with van der Waals surface area (Å²) in [6.07, 6.45) is 10.5. The highest BCUT2D eigenvalue weighted by molar-refractivity contribution is 5.75. The van der Waals surface area contributed by atoms with Gasteiger partial charge in [-0.15, -0.1) is 0 Å². The Morgan fingerprint density at radius 3 is 2.62 bits per heavy atom. The van der Waals surface area contributed by atoms with Gasteiger partial charge < -0.3 is 10.0 Å². The fourth-order valence-corrected chi connectivity index (χ4v) is 5.49. The first kappa shape index (κ1) is 20.9. The Labute approximate surface area is 176 Å². The number of nitrogens with zero attached hydrogens (tertiary/aromatic N) is 2. The monoisotopic (exact) mass is 398 g/mol. The number of rotatable bonds is 6. The van der Waals surface area contributed by atoms with Crippen LogP contribution in [0.4, 0.5) is 0 Å². The molecule has 1 aromatic rings. The molecule has 2 atom stereocenters. The number of aliphatic hydroxyl groups excluding tert-OH is 1. The molecule has 3 aliphatic rings. The average Bonchev–Trinajstić information content (AvgIpc) is 2.88. The third kappa shape index (κ3) is 5.21. The molecule has 2 fully saturated rings. The number of fused-ring (bicyclic) bond motifs is 1. The lowest BCUT2D eigenvalue weighted by molar-refractivity contribution is -0.132. The molecule has 4 heteroatoms. The quantitative estimate of drug-likeness (QED) is 0.796. The maximum absolute atomic E-state index is 12.0. The maximum atomic E-state index is 12.0. The van der Waals surface area contributed by atoms with E-state index in [2.05, 4.69) is 23.1 Å². The lowest BCUT2D eigenvalue weighted by Gasteiger charge is -2.36. The molecule has 1 saturated heterocycles. The predicted molar refractivity (Wildman–Crippen MR) is 117 cm³/mol. The largest absolute Gasteiger partial charge is 0.393 e. The number of hydrogen-bond donors (Lipinski definition) is 1. The van der Waals surface area contributed by atoms with E-state index in [-0.39, 0.29) is 12.0 Å². The molecule has 1 N–H and O–H groups in total. The molecule has 0 aromatic heterocycles. The number of aliphatic hydroxyl groups is 1. The normalized spacial score (nSPS) is 24.5. The van der Waals surface area contributed by atoms with Gasteiger partial charge in [-0.1, -0.05) is 31.5 Å². The molecule has 1 unspecified atom stereocenters. The Morgan fingerprint density at radius 2 is 1.90 bits per heavy atom. The van der Waals surface area contributed by atoms with Gasteiger partial charge >= 0.3 is 0 Å². The van der Waals surface area contributed by atoms with E-state index >= 15 is 0 Å².